The zero-order chi connectivity index (χ0) is 6.10. The lowest BCUT2D eigenvalue weighted by Crippen LogP contribution is -2.37. The molecular weight excluding hydrogens is 112 g/mol. The molecule has 2 nitrogen and oxygen atoms in total. The molecule has 0 spiro atoms. The zero-order valence-electron chi connectivity index (χ0n) is 5.30. The third-order valence-electron chi connectivity index (χ3n) is 1.78. The van der Waals surface area contributed by atoms with Gasteiger partial charge in [-0.2, -0.15) is 0 Å². The first kappa shape index (κ1) is 4.91. The highest BCUT2D eigenvalue weighted by Gasteiger charge is 2.13. The summed E-state index contributed by atoms with van der Waals surface area (Å²) in [4.78, 5) is 5.50. The van der Waals surface area contributed by atoms with Crippen LogP contribution in [0.1, 0.15) is 6.42 Å². The maximum absolute atomic E-state index is 3.16. The Hall–Kier alpha value is -0.920. The topological polar surface area (TPSA) is 19.0 Å². The minimum absolute atomic E-state index is 1.22. The van der Waals surface area contributed by atoms with Crippen LogP contribution < -0.4 is 4.90 Å². The van der Waals surface area contributed by atoms with Crippen LogP contribution in [-0.4, -0.2) is 18.1 Å². The van der Waals surface area contributed by atoms with Gasteiger partial charge in [-0.15, -0.1) is 0 Å². The number of aromatic nitrogens is 1. The van der Waals surface area contributed by atoms with Crippen LogP contribution in [0.3, 0.4) is 0 Å². The molecule has 0 radical (unpaired) electrons. The summed E-state index contributed by atoms with van der Waals surface area (Å²) in [5, 5.41) is 0. The minimum Gasteiger partial charge on any atom is -0.358 e. The van der Waals surface area contributed by atoms with E-state index in [0.29, 0.717) is 0 Å². The Labute approximate surface area is 54.5 Å². The van der Waals surface area contributed by atoms with Crippen LogP contribution in [0.4, 0.5) is 5.82 Å². The van der Waals surface area contributed by atoms with Crippen molar-refractivity contribution < 1.29 is 0 Å². The number of nitrogens with zero attached hydrogens (tertiary/aromatic N) is 1. The van der Waals surface area contributed by atoms with Gasteiger partial charge in [0.15, 0.2) is 0 Å². The second-order valence-corrected chi connectivity index (χ2v) is 2.40. The van der Waals surface area contributed by atoms with Gasteiger partial charge < -0.3 is 9.88 Å². The summed E-state index contributed by atoms with van der Waals surface area (Å²) < 4.78 is 0. The second kappa shape index (κ2) is 1.79. The van der Waals surface area contributed by atoms with Crippen molar-refractivity contribution in [2.75, 3.05) is 18.0 Å². The Bertz CT molecular complexity index is 175. The first-order chi connectivity index (χ1) is 4.47. The molecule has 1 aromatic heterocycles. The Morgan fingerprint density at radius 1 is 1.44 bits per heavy atom. The molecule has 2 heteroatoms. The van der Waals surface area contributed by atoms with Gasteiger partial charge in [0.05, 0.1) is 0 Å². The van der Waals surface area contributed by atoms with Gasteiger partial charge in [-0.3, -0.25) is 0 Å². The molecule has 1 saturated heterocycles. The van der Waals surface area contributed by atoms with Crippen molar-refractivity contribution in [1.82, 2.24) is 4.98 Å². The number of hydrogen-bond donors (Lipinski definition) is 1. The van der Waals surface area contributed by atoms with E-state index in [9.17, 15) is 0 Å². The van der Waals surface area contributed by atoms with Crippen LogP contribution in [0, 0.1) is 0 Å². The molecule has 0 atom stereocenters. The molecule has 0 saturated carbocycles. The maximum Gasteiger partial charge on any atom is 0.105 e. The predicted octanol–water partition coefficient (Wildman–Crippen LogP) is 1.22. The molecule has 1 N–H and O–H groups in total. The first-order valence-corrected chi connectivity index (χ1v) is 3.35. The third kappa shape index (κ3) is 0.707. The fourth-order valence-corrected chi connectivity index (χ4v) is 1.07. The van der Waals surface area contributed by atoms with E-state index >= 15 is 0 Å². The summed E-state index contributed by atoms with van der Waals surface area (Å²) >= 11 is 0. The van der Waals surface area contributed by atoms with Gasteiger partial charge in [0.2, 0.25) is 0 Å². The van der Waals surface area contributed by atoms with Gasteiger partial charge >= 0.3 is 0 Å². The summed E-state index contributed by atoms with van der Waals surface area (Å²) in [6.07, 6.45) is 3.31. The van der Waals surface area contributed by atoms with Crippen molar-refractivity contribution in [2.45, 2.75) is 6.42 Å². The van der Waals surface area contributed by atoms with Gasteiger partial charge in [0.1, 0.15) is 5.82 Å². The third-order valence-corrected chi connectivity index (χ3v) is 1.78. The average Bonchev–Trinajstić information content (AvgIpc) is 2.11. The number of rotatable bonds is 1. The van der Waals surface area contributed by atoms with Gasteiger partial charge in [0.25, 0.3) is 0 Å². The number of aromatic amines is 1. The van der Waals surface area contributed by atoms with Gasteiger partial charge in [0, 0.05) is 19.3 Å². The molecule has 0 amide bonds. The standard InChI is InChI=1S/C7H10N2/c1-3-7(8-4-1)9-5-2-6-9/h1,3-4,8H,2,5-6H2. The van der Waals surface area contributed by atoms with Crippen LogP contribution >= 0.6 is 0 Å². The zero-order valence-corrected chi connectivity index (χ0v) is 5.30. The van der Waals surface area contributed by atoms with E-state index in [0.717, 1.165) is 0 Å². The quantitative estimate of drug-likeness (QED) is 0.593. The van der Waals surface area contributed by atoms with Crippen molar-refractivity contribution in [3.05, 3.63) is 18.3 Å². The largest absolute Gasteiger partial charge is 0.358 e. The summed E-state index contributed by atoms with van der Waals surface area (Å²) in [7, 11) is 0. The smallest absolute Gasteiger partial charge is 0.105 e. The van der Waals surface area contributed by atoms with E-state index in [4.69, 9.17) is 0 Å². The minimum atomic E-state index is 1.22. The lowest BCUT2D eigenvalue weighted by atomic mass is 10.2. The molecule has 9 heavy (non-hydrogen) atoms. The summed E-state index contributed by atoms with van der Waals surface area (Å²) in [5.74, 6) is 1.27. The van der Waals surface area contributed by atoms with Crippen molar-refractivity contribution in [3.63, 3.8) is 0 Å². The van der Waals surface area contributed by atoms with E-state index < -0.39 is 0 Å². The Kier molecular flexibility index (Phi) is 0.979. The molecule has 0 bridgehead atoms. The fraction of sp³-hybridized carbons (Fsp3) is 0.429. The summed E-state index contributed by atoms with van der Waals surface area (Å²) in [5.41, 5.74) is 0. The van der Waals surface area contributed by atoms with Crippen molar-refractivity contribution in [1.29, 1.82) is 0 Å². The average molecular weight is 122 g/mol. The highest BCUT2D eigenvalue weighted by Crippen LogP contribution is 2.16. The van der Waals surface area contributed by atoms with E-state index in [1.165, 1.54) is 25.3 Å². The highest BCUT2D eigenvalue weighted by molar-refractivity contribution is 5.40. The molecule has 1 aliphatic rings. The Morgan fingerprint density at radius 3 is 2.78 bits per heavy atom. The van der Waals surface area contributed by atoms with Crippen LogP contribution in [-0.2, 0) is 0 Å². The summed E-state index contributed by atoms with van der Waals surface area (Å²) in [6.45, 7) is 2.45. The number of nitrogens with one attached hydrogen (secondary N) is 1. The molecule has 2 rings (SSSR count). The fourth-order valence-electron chi connectivity index (χ4n) is 1.07. The second-order valence-electron chi connectivity index (χ2n) is 2.40. The molecular formula is C7H10N2. The van der Waals surface area contributed by atoms with Gasteiger partial charge in [-0.25, -0.2) is 0 Å². The van der Waals surface area contributed by atoms with Crippen LogP contribution in [0.2, 0.25) is 0 Å². The lowest BCUT2D eigenvalue weighted by molar-refractivity contribution is 0.611. The van der Waals surface area contributed by atoms with Gasteiger partial charge in [-0.1, -0.05) is 0 Å². The molecule has 1 fully saturated rings. The molecule has 1 aliphatic heterocycles. The van der Waals surface area contributed by atoms with E-state index in [1.54, 1.807) is 0 Å². The van der Waals surface area contributed by atoms with Crippen molar-refractivity contribution in [3.8, 4) is 0 Å². The monoisotopic (exact) mass is 122 g/mol. The van der Waals surface area contributed by atoms with Crippen LogP contribution in [0.25, 0.3) is 0 Å². The molecule has 0 aromatic carbocycles. The number of hydrogen-bond acceptors (Lipinski definition) is 1. The molecule has 2 heterocycles. The summed E-state index contributed by atoms with van der Waals surface area (Å²) in [6, 6.07) is 4.15. The number of anilines is 1. The van der Waals surface area contributed by atoms with Crippen LogP contribution in [0.15, 0.2) is 18.3 Å². The molecule has 48 valence electrons. The normalized spacial score (nSPS) is 17.6. The van der Waals surface area contributed by atoms with Crippen molar-refractivity contribution in [2.24, 2.45) is 0 Å². The first-order valence-electron chi connectivity index (χ1n) is 3.35. The Morgan fingerprint density at radius 2 is 2.33 bits per heavy atom. The molecule has 1 aromatic rings. The van der Waals surface area contributed by atoms with E-state index in [1.807, 2.05) is 12.3 Å². The molecule has 0 unspecified atom stereocenters. The highest BCUT2D eigenvalue weighted by atomic mass is 15.2. The SMILES string of the molecule is c1c[nH]c(N2CCC2)c1. The number of H-pyrrole nitrogens is 1. The van der Waals surface area contributed by atoms with Crippen LogP contribution in [0.5, 0.6) is 0 Å². The Balaban J connectivity index is 2.14. The van der Waals surface area contributed by atoms with E-state index in [2.05, 4.69) is 16.0 Å². The maximum atomic E-state index is 3.16. The van der Waals surface area contributed by atoms with E-state index in [-0.39, 0.29) is 0 Å². The molecule has 0 aliphatic carbocycles. The predicted molar refractivity (Wildman–Crippen MR) is 37.6 cm³/mol. The van der Waals surface area contributed by atoms with Gasteiger partial charge in [-0.05, 0) is 18.6 Å². The lowest BCUT2D eigenvalue weighted by Gasteiger charge is -2.31. The van der Waals surface area contributed by atoms with Crippen molar-refractivity contribution >= 4 is 5.82 Å².